The van der Waals surface area contributed by atoms with Gasteiger partial charge in [-0.05, 0) is 39.5 Å². The quantitative estimate of drug-likeness (QED) is 0.783. The third kappa shape index (κ3) is 1.76. The summed E-state index contributed by atoms with van der Waals surface area (Å²) < 4.78 is 0.851. The lowest BCUT2D eigenvalue weighted by molar-refractivity contribution is 0.104. The summed E-state index contributed by atoms with van der Waals surface area (Å²) in [4.78, 5) is 16.5. The van der Waals surface area contributed by atoms with Crippen molar-refractivity contribution in [1.82, 2.24) is 4.98 Å². The van der Waals surface area contributed by atoms with Crippen molar-refractivity contribution in [2.24, 2.45) is 0 Å². The number of carbonyl (C=O) groups is 1. The van der Waals surface area contributed by atoms with Gasteiger partial charge in [0, 0.05) is 22.4 Å². The molecule has 2 nitrogen and oxygen atoms in total. The van der Waals surface area contributed by atoms with Crippen molar-refractivity contribution in [3.05, 3.63) is 50.9 Å². The van der Waals surface area contributed by atoms with Crippen LogP contribution in [0.5, 0.6) is 0 Å². The zero-order chi connectivity index (χ0) is 9.97. The zero-order valence-corrected chi connectivity index (χ0v) is 9.51. The number of rotatable bonds is 2. The van der Waals surface area contributed by atoms with Crippen LogP contribution in [0.3, 0.4) is 0 Å². The minimum Gasteiger partial charge on any atom is -0.288 e. The smallest absolute Gasteiger partial charge is 0.204 e. The van der Waals surface area contributed by atoms with E-state index in [1.54, 1.807) is 24.5 Å². The van der Waals surface area contributed by atoms with E-state index in [0.29, 0.717) is 5.56 Å². The van der Waals surface area contributed by atoms with E-state index in [-0.39, 0.29) is 5.78 Å². The first-order valence-electron chi connectivity index (χ1n) is 3.97. The molecule has 0 saturated carbocycles. The molecule has 0 fully saturated rings. The molecule has 0 aliphatic heterocycles. The van der Waals surface area contributed by atoms with Crippen LogP contribution < -0.4 is 0 Å². The van der Waals surface area contributed by atoms with E-state index in [0.717, 1.165) is 9.35 Å². The van der Waals surface area contributed by atoms with Crippen LogP contribution in [-0.4, -0.2) is 10.8 Å². The Bertz CT molecular complexity index is 452. The fourth-order valence-corrected chi connectivity index (χ4v) is 2.60. The van der Waals surface area contributed by atoms with Gasteiger partial charge in [-0.25, -0.2) is 0 Å². The monoisotopic (exact) mass is 267 g/mol. The van der Waals surface area contributed by atoms with Crippen LogP contribution in [0.4, 0.5) is 0 Å². The molecule has 0 atom stereocenters. The molecule has 0 bridgehead atoms. The standard InChI is InChI=1S/C10H6BrNOS/c11-8-3-6-14-10(8)9(13)7-1-4-12-5-2-7/h1-6H. The number of thiophene rings is 1. The van der Waals surface area contributed by atoms with E-state index < -0.39 is 0 Å². The van der Waals surface area contributed by atoms with Crippen molar-refractivity contribution < 1.29 is 4.79 Å². The van der Waals surface area contributed by atoms with Crippen molar-refractivity contribution in [2.75, 3.05) is 0 Å². The molecule has 2 aromatic heterocycles. The molecule has 4 heteroatoms. The molecular formula is C10H6BrNOS. The van der Waals surface area contributed by atoms with Gasteiger partial charge in [-0.15, -0.1) is 11.3 Å². The van der Waals surface area contributed by atoms with Gasteiger partial charge in [-0.1, -0.05) is 0 Å². The van der Waals surface area contributed by atoms with Gasteiger partial charge in [-0.3, -0.25) is 9.78 Å². The fraction of sp³-hybridized carbons (Fsp3) is 0. The van der Waals surface area contributed by atoms with Crippen molar-refractivity contribution in [1.29, 1.82) is 0 Å². The van der Waals surface area contributed by atoms with Gasteiger partial charge >= 0.3 is 0 Å². The number of hydrogen-bond donors (Lipinski definition) is 0. The second-order valence-corrected chi connectivity index (χ2v) is 4.43. The molecule has 14 heavy (non-hydrogen) atoms. The molecule has 0 saturated heterocycles. The Morgan fingerprint density at radius 1 is 1.29 bits per heavy atom. The first-order chi connectivity index (χ1) is 6.79. The normalized spacial score (nSPS) is 10.1. The Labute approximate surface area is 93.7 Å². The lowest BCUT2D eigenvalue weighted by Gasteiger charge is -1.97. The number of aromatic nitrogens is 1. The van der Waals surface area contributed by atoms with E-state index in [1.165, 1.54) is 11.3 Å². The predicted molar refractivity (Wildman–Crippen MR) is 59.7 cm³/mol. The molecule has 2 aromatic rings. The van der Waals surface area contributed by atoms with E-state index in [1.807, 2.05) is 11.4 Å². The molecule has 2 heterocycles. The number of carbonyl (C=O) groups excluding carboxylic acids is 1. The van der Waals surface area contributed by atoms with E-state index >= 15 is 0 Å². The van der Waals surface area contributed by atoms with Crippen LogP contribution in [0.25, 0.3) is 0 Å². The summed E-state index contributed by atoms with van der Waals surface area (Å²) in [5.41, 5.74) is 0.670. The largest absolute Gasteiger partial charge is 0.288 e. The average Bonchev–Trinajstić information content (AvgIpc) is 2.65. The third-order valence-electron chi connectivity index (χ3n) is 1.77. The van der Waals surface area contributed by atoms with Crippen LogP contribution in [0.1, 0.15) is 15.2 Å². The van der Waals surface area contributed by atoms with Gasteiger partial charge in [0.15, 0.2) is 0 Å². The zero-order valence-electron chi connectivity index (χ0n) is 7.11. The number of ketones is 1. The highest BCUT2D eigenvalue weighted by atomic mass is 79.9. The summed E-state index contributed by atoms with van der Waals surface area (Å²) in [7, 11) is 0. The molecule has 0 aliphatic rings. The molecule has 0 spiro atoms. The third-order valence-corrected chi connectivity index (χ3v) is 3.60. The van der Waals surface area contributed by atoms with Gasteiger partial charge in [0.1, 0.15) is 0 Å². The summed E-state index contributed by atoms with van der Waals surface area (Å²) in [6.45, 7) is 0. The summed E-state index contributed by atoms with van der Waals surface area (Å²) >= 11 is 4.77. The Morgan fingerprint density at radius 2 is 2.00 bits per heavy atom. The number of nitrogens with zero attached hydrogens (tertiary/aromatic N) is 1. The average molecular weight is 268 g/mol. The van der Waals surface area contributed by atoms with E-state index in [2.05, 4.69) is 20.9 Å². The second-order valence-electron chi connectivity index (χ2n) is 2.66. The Kier molecular flexibility index (Phi) is 2.74. The molecule has 0 amide bonds. The predicted octanol–water partition coefficient (Wildman–Crippen LogP) is 3.14. The first-order valence-corrected chi connectivity index (χ1v) is 5.64. The van der Waals surface area contributed by atoms with Crippen LogP contribution in [0.2, 0.25) is 0 Å². The number of hydrogen-bond acceptors (Lipinski definition) is 3. The van der Waals surface area contributed by atoms with Gasteiger partial charge in [0.2, 0.25) is 5.78 Å². The minimum absolute atomic E-state index is 0.0364. The first kappa shape index (κ1) is 9.55. The number of pyridine rings is 1. The van der Waals surface area contributed by atoms with E-state index in [4.69, 9.17) is 0 Å². The molecule has 0 aliphatic carbocycles. The van der Waals surface area contributed by atoms with Crippen molar-refractivity contribution in [2.45, 2.75) is 0 Å². The molecular weight excluding hydrogens is 262 g/mol. The highest BCUT2D eigenvalue weighted by molar-refractivity contribution is 9.10. The molecule has 0 radical (unpaired) electrons. The minimum atomic E-state index is 0.0364. The molecule has 0 unspecified atom stereocenters. The molecule has 0 aromatic carbocycles. The topological polar surface area (TPSA) is 30.0 Å². The van der Waals surface area contributed by atoms with Gasteiger partial charge < -0.3 is 0 Å². The lowest BCUT2D eigenvalue weighted by atomic mass is 10.1. The highest BCUT2D eigenvalue weighted by Gasteiger charge is 2.12. The molecule has 0 N–H and O–H groups in total. The maximum Gasteiger partial charge on any atom is 0.204 e. The van der Waals surface area contributed by atoms with Crippen molar-refractivity contribution in [3.63, 3.8) is 0 Å². The summed E-state index contributed by atoms with van der Waals surface area (Å²) in [5, 5.41) is 1.89. The summed E-state index contributed by atoms with van der Waals surface area (Å²) in [6, 6.07) is 5.31. The molecule has 2 rings (SSSR count). The Hall–Kier alpha value is -1.00. The fourth-order valence-electron chi connectivity index (χ4n) is 1.09. The second kappa shape index (κ2) is 4.02. The van der Waals surface area contributed by atoms with E-state index in [9.17, 15) is 4.79 Å². The van der Waals surface area contributed by atoms with Gasteiger partial charge in [0.25, 0.3) is 0 Å². The van der Waals surface area contributed by atoms with Crippen LogP contribution in [0, 0.1) is 0 Å². The maximum absolute atomic E-state index is 11.9. The van der Waals surface area contributed by atoms with Gasteiger partial charge in [0.05, 0.1) is 4.88 Å². The number of halogens is 1. The summed E-state index contributed by atoms with van der Waals surface area (Å²) in [5.74, 6) is 0.0364. The van der Waals surface area contributed by atoms with Crippen molar-refractivity contribution in [3.8, 4) is 0 Å². The lowest BCUT2D eigenvalue weighted by Crippen LogP contribution is -1.98. The highest BCUT2D eigenvalue weighted by Crippen LogP contribution is 2.25. The van der Waals surface area contributed by atoms with Crippen molar-refractivity contribution >= 4 is 33.0 Å². The summed E-state index contributed by atoms with van der Waals surface area (Å²) in [6.07, 6.45) is 3.24. The van der Waals surface area contributed by atoms with Gasteiger partial charge in [-0.2, -0.15) is 0 Å². The van der Waals surface area contributed by atoms with Crippen LogP contribution in [0.15, 0.2) is 40.4 Å². The SMILES string of the molecule is O=C(c1ccncc1)c1sccc1Br. The maximum atomic E-state index is 11.9. The Morgan fingerprint density at radius 3 is 2.57 bits per heavy atom. The van der Waals surface area contributed by atoms with Crippen LogP contribution in [-0.2, 0) is 0 Å². The molecule has 70 valence electrons. The Balaban J connectivity index is 2.39. The van der Waals surface area contributed by atoms with Crippen LogP contribution >= 0.6 is 27.3 Å².